The minimum atomic E-state index is -0.360. The van der Waals surface area contributed by atoms with E-state index in [-0.39, 0.29) is 22.3 Å². The highest BCUT2D eigenvalue weighted by molar-refractivity contribution is 7.97. The second kappa shape index (κ2) is 9.32. The molecular weight excluding hydrogens is 451 g/mol. The zero-order valence-corrected chi connectivity index (χ0v) is 21.6. The zero-order chi connectivity index (χ0) is 24.0. The maximum Gasteiger partial charge on any atom is 0.170 e. The van der Waals surface area contributed by atoms with Crippen LogP contribution in [0.15, 0.2) is 93.5 Å². The van der Waals surface area contributed by atoms with E-state index in [4.69, 9.17) is 4.74 Å². The summed E-state index contributed by atoms with van der Waals surface area (Å²) in [4.78, 5) is 3.37. The Morgan fingerprint density at radius 3 is 2.11 bits per heavy atom. The van der Waals surface area contributed by atoms with E-state index in [1.807, 2.05) is 18.2 Å². The molecule has 6 rings (SSSR count). The first-order chi connectivity index (χ1) is 17.1. The molecule has 3 aliphatic carbocycles. The van der Waals surface area contributed by atoms with Crippen molar-refractivity contribution in [3.63, 3.8) is 0 Å². The van der Waals surface area contributed by atoms with Gasteiger partial charge < -0.3 is 4.74 Å². The number of hydrogen-bond donors (Lipinski definition) is 0. The molecule has 0 spiro atoms. The molecule has 6 atom stereocenters. The number of fused-ring (bicyclic) bond motifs is 5. The van der Waals surface area contributed by atoms with E-state index in [1.165, 1.54) is 41.9 Å². The largest absolute Gasteiger partial charge is 0.484 e. The van der Waals surface area contributed by atoms with Gasteiger partial charge in [-0.25, -0.2) is 4.39 Å². The van der Waals surface area contributed by atoms with Crippen LogP contribution in [-0.2, 0) is 10.9 Å². The summed E-state index contributed by atoms with van der Waals surface area (Å²) in [5, 5.41) is 0. The quantitative estimate of drug-likeness (QED) is 0.303. The molecule has 3 aromatic carbocycles. The Kier molecular flexibility index (Phi) is 6.16. The summed E-state index contributed by atoms with van der Waals surface area (Å²) in [6, 6.07) is 26.5. The van der Waals surface area contributed by atoms with Crippen LogP contribution in [0.1, 0.15) is 52.4 Å². The Balaban J connectivity index is 1.28. The third-order valence-electron chi connectivity index (χ3n) is 9.36. The normalized spacial score (nSPS) is 28.7. The number of benzene rings is 3. The molecule has 0 radical (unpaired) electrons. The molecule has 0 heterocycles. The zero-order valence-electron chi connectivity index (χ0n) is 20.8. The maximum absolute atomic E-state index is 15.7. The van der Waals surface area contributed by atoms with Gasteiger partial charge in [0, 0.05) is 12.0 Å². The number of rotatable bonds is 7. The minimum Gasteiger partial charge on any atom is -0.484 e. The maximum atomic E-state index is 15.7. The first kappa shape index (κ1) is 23.2. The molecule has 3 saturated carbocycles. The molecule has 1 nitrogen and oxygen atoms in total. The van der Waals surface area contributed by atoms with Gasteiger partial charge in [0.25, 0.3) is 0 Å². The van der Waals surface area contributed by atoms with Crippen molar-refractivity contribution in [1.29, 1.82) is 0 Å². The number of ether oxygens (including phenoxy) is 1. The van der Waals surface area contributed by atoms with Crippen molar-refractivity contribution in [2.24, 2.45) is 29.6 Å². The summed E-state index contributed by atoms with van der Waals surface area (Å²) in [5.74, 6) is 4.20. The van der Waals surface area contributed by atoms with Gasteiger partial charge in [-0.2, -0.15) is 0 Å². The van der Waals surface area contributed by atoms with E-state index in [1.54, 1.807) is 6.07 Å². The summed E-state index contributed by atoms with van der Waals surface area (Å²) in [6.07, 6.45) is 7.78. The molecule has 3 heteroatoms. The Hall–Kier alpha value is -2.26. The van der Waals surface area contributed by atoms with Gasteiger partial charge in [0.05, 0.1) is 10.9 Å². The van der Waals surface area contributed by atoms with E-state index >= 15 is 4.39 Å². The van der Waals surface area contributed by atoms with E-state index < -0.39 is 0 Å². The summed E-state index contributed by atoms with van der Waals surface area (Å²) in [6.45, 7) is 4.46. The molecule has 2 bridgehead atoms. The first-order valence-corrected chi connectivity index (χ1v) is 14.6. The molecule has 0 saturated heterocycles. The lowest BCUT2D eigenvalue weighted by atomic mass is 9.68. The number of halogens is 1. The first-order valence-electron chi connectivity index (χ1n) is 13.4. The highest BCUT2D eigenvalue weighted by atomic mass is 32.2. The van der Waals surface area contributed by atoms with Crippen molar-refractivity contribution in [1.82, 2.24) is 0 Å². The van der Waals surface area contributed by atoms with Crippen LogP contribution in [-0.4, -0.2) is 5.60 Å². The highest BCUT2D eigenvalue weighted by Gasteiger charge is 2.58. The summed E-state index contributed by atoms with van der Waals surface area (Å²) < 4.78 is 22.3. The molecule has 3 fully saturated rings. The fraction of sp³-hybridized carbons (Fsp3) is 0.438. The van der Waals surface area contributed by atoms with Gasteiger partial charge in [0.1, 0.15) is 5.60 Å². The van der Waals surface area contributed by atoms with E-state index in [0.717, 1.165) is 35.0 Å². The van der Waals surface area contributed by atoms with Crippen LogP contribution in [0, 0.1) is 35.4 Å². The van der Waals surface area contributed by atoms with Crippen LogP contribution in [0.3, 0.4) is 0 Å². The van der Waals surface area contributed by atoms with Gasteiger partial charge in [-0.15, -0.1) is 0 Å². The minimum absolute atomic E-state index is 0.242. The van der Waals surface area contributed by atoms with Crippen molar-refractivity contribution < 1.29 is 9.13 Å². The monoisotopic (exact) mass is 487 g/mol. The van der Waals surface area contributed by atoms with Crippen LogP contribution in [0.25, 0.3) is 0 Å². The molecule has 182 valence electrons. The van der Waals surface area contributed by atoms with Gasteiger partial charge >= 0.3 is 0 Å². The Morgan fingerprint density at radius 1 is 0.829 bits per heavy atom. The Morgan fingerprint density at radius 2 is 1.49 bits per heavy atom. The van der Waals surface area contributed by atoms with Crippen molar-refractivity contribution >= 4 is 10.9 Å². The predicted molar refractivity (Wildman–Crippen MR) is 141 cm³/mol. The highest BCUT2D eigenvalue weighted by Crippen LogP contribution is 2.63. The van der Waals surface area contributed by atoms with Crippen molar-refractivity contribution in [2.75, 3.05) is 0 Å². The Bertz CT molecular complexity index is 1130. The standard InChI is InChI=1S/C32H36FOS/c1-3-32(2,29-20-22-19-28(29)27-16-10-15-26(22)27)34-31-18-17-25(21-30(31)33)35(23-11-6-4-7-12-23)24-13-8-5-9-14-24/h4-9,11-14,17-18,21-22,26-29H,3,10,15-16,19-20H2,1-2H3/q+1. The fourth-order valence-electron chi connectivity index (χ4n) is 7.64. The average molecular weight is 488 g/mol. The van der Waals surface area contributed by atoms with Gasteiger partial charge in [0.2, 0.25) is 0 Å². The smallest absolute Gasteiger partial charge is 0.170 e. The van der Waals surface area contributed by atoms with Crippen molar-refractivity contribution in [2.45, 2.75) is 72.7 Å². The van der Waals surface area contributed by atoms with Crippen molar-refractivity contribution in [3.8, 4) is 5.75 Å². The van der Waals surface area contributed by atoms with E-state index in [2.05, 4.69) is 68.4 Å². The number of hydrogen-bond acceptors (Lipinski definition) is 1. The lowest BCUT2D eigenvalue weighted by molar-refractivity contribution is -0.0252. The van der Waals surface area contributed by atoms with Crippen LogP contribution in [0.5, 0.6) is 5.75 Å². The fourth-order valence-corrected chi connectivity index (χ4v) is 9.74. The second-order valence-electron chi connectivity index (χ2n) is 11.1. The molecule has 0 amide bonds. The topological polar surface area (TPSA) is 9.23 Å². The molecule has 6 unspecified atom stereocenters. The van der Waals surface area contributed by atoms with Crippen LogP contribution in [0.4, 0.5) is 4.39 Å². The predicted octanol–water partition coefficient (Wildman–Crippen LogP) is 8.54. The van der Waals surface area contributed by atoms with Gasteiger partial charge in [0.15, 0.2) is 26.3 Å². The van der Waals surface area contributed by atoms with Crippen LogP contribution >= 0.6 is 0 Å². The summed E-state index contributed by atoms with van der Waals surface area (Å²) in [5.41, 5.74) is -0.310. The molecular formula is C32H36FOS+. The summed E-state index contributed by atoms with van der Waals surface area (Å²) in [7, 11) is -0.360. The van der Waals surface area contributed by atoms with E-state index in [0.29, 0.717) is 11.7 Å². The SMILES string of the molecule is CCC(C)(Oc1ccc([S+](c2ccccc2)c2ccccc2)cc1F)C1CC2CC1C1CCCC21. The van der Waals surface area contributed by atoms with E-state index in [9.17, 15) is 0 Å². The lowest BCUT2D eigenvalue weighted by Gasteiger charge is -2.43. The average Bonchev–Trinajstić information content (AvgIpc) is 3.62. The summed E-state index contributed by atoms with van der Waals surface area (Å²) >= 11 is 0. The third-order valence-corrected chi connectivity index (χ3v) is 11.6. The van der Waals surface area contributed by atoms with Gasteiger partial charge in [-0.1, -0.05) is 49.7 Å². The molecule has 0 aromatic heterocycles. The molecule has 0 aliphatic heterocycles. The van der Waals surface area contributed by atoms with Crippen LogP contribution < -0.4 is 4.74 Å². The third kappa shape index (κ3) is 4.10. The molecule has 35 heavy (non-hydrogen) atoms. The van der Waals surface area contributed by atoms with Gasteiger partial charge in [-0.3, -0.25) is 0 Å². The Labute approximate surface area is 212 Å². The van der Waals surface area contributed by atoms with Crippen LogP contribution in [0.2, 0.25) is 0 Å². The van der Waals surface area contributed by atoms with Crippen molar-refractivity contribution in [3.05, 3.63) is 84.7 Å². The molecule has 3 aliphatic rings. The lowest BCUT2D eigenvalue weighted by Crippen LogP contribution is -2.45. The second-order valence-corrected chi connectivity index (χ2v) is 13.1. The van der Waals surface area contributed by atoms with Gasteiger partial charge in [-0.05, 0) is 99.1 Å². The molecule has 3 aromatic rings. The molecule has 0 N–H and O–H groups in total.